The van der Waals surface area contributed by atoms with Crippen LogP contribution in [0.5, 0.6) is 5.88 Å². The van der Waals surface area contributed by atoms with Gasteiger partial charge in [-0.2, -0.15) is 13.2 Å². The van der Waals surface area contributed by atoms with Crippen molar-refractivity contribution in [2.75, 3.05) is 6.54 Å². The predicted molar refractivity (Wildman–Crippen MR) is 113 cm³/mol. The van der Waals surface area contributed by atoms with Gasteiger partial charge in [-0.3, -0.25) is 4.79 Å². The molecule has 1 aliphatic carbocycles. The van der Waals surface area contributed by atoms with Crippen LogP contribution in [0.3, 0.4) is 0 Å². The Balaban J connectivity index is 1.42. The van der Waals surface area contributed by atoms with Gasteiger partial charge >= 0.3 is 6.18 Å². The molecule has 6 nitrogen and oxygen atoms in total. The molecule has 35 heavy (non-hydrogen) atoms. The molecule has 1 saturated carbocycles. The fraction of sp³-hybridized carbons (Fsp3) is 0.333. The Labute approximate surface area is 196 Å². The molecule has 0 unspecified atom stereocenters. The first-order valence-corrected chi connectivity index (χ1v) is 11.0. The maximum Gasteiger partial charge on any atom is 0.417 e. The zero-order valence-electron chi connectivity index (χ0n) is 18.2. The number of piperidine rings is 2. The lowest BCUT2D eigenvalue weighted by molar-refractivity contribution is -0.138. The molecule has 4 heterocycles. The van der Waals surface area contributed by atoms with Crippen molar-refractivity contribution in [2.45, 2.75) is 37.6 Å². The second-order valence-corrected chi connectivity index (χ2v) is 8.63. The van der Waals surface area contributed by atoms with Crippen LogP contribution in [0.2, 0.25) is 0 Å². The molecule has 2 bridgehead atoms. The lowest BCUT2D eigenvalue weighted by Gasteiger charge is -2.49. The summed E-state index contributed by atoms with van der Waals surface area (Å²) in [7, 11) is 0. The molecule has 0 spiro atoms. The van der Waals surface area contributed by atoms with Crippen molar-refractivity contribution >= 4 is 5.91 Å². The number of nitrogens with zero attached hydrogens (tertiary/aromatic N) is 4. The van der Waals surface area contributed by atoms with Crippen LogP contribution in [0, 0.1) is 17.6 Å². The second-order valence-electron chi connectivity index (χ2n) is 8.63. The highest BCUT2D eigenvalue weighted by atomic mass is 19.4. The summed E-state index contributed by atoms with van der Waals surface area (Å²) in [6.07, 6.45) is -0.00276. The summed E-state index contributed by atoms with van der Waals surface area (Å²) in [6.45, 7) is 0.401. The van der Waals surface area contributed by atoms with Crippen LogP contribution in [-0.2, 0) is 6.18 Å². The molecule has 3 aliphatic rings. The van der Waals surface area contributed by atoms with E-state index in [-0.39, 0.29) is 17.3 Å². The molecule has 2 aliphatic heterocycles. The molecule has 3 fully saturated rings. The molecule has 11 heteroatoms. The number of pyridine rings is 1. The lowest BCUT2D eigenvalue weighted by atomic mass is 9.77. The third-order valence-electron chi connectivity index (χ3n) is 6.40. The summed E-state index contributed by atoms with van der Waals surface area (Å²) >= 11 is 0. The number of alkyl halides is 3. The SMILES string of the molecule is O=C(c1cc(F)ccc1-c1ncccn1)N1C[C@H]2CC[C@H]1[C@H](Oc1ncc(C(F)(F)F)cc1F)C2. The molecule has 0 N–H and O–H groups in total. The van der Waals surface area contributed by atoms with Gasteiger partial charge in [0.15, 0.2) is 11.6 Å². The minimum absolute atomic E-state index is 0.0384. The van der Waals surface area contributed by atoms with E-state index in [0.29, 0.717) is 37.2 Å². The van der Waals surface area contributed by atoms with Crippen molar-refractivity contribution in [3.63, 3.8) is 0 Å². The third-order valence-corrected chi connectivity index (χ3v) is 6.40. The van der Waals surface area contributed by atoms with Crippen LogP contribution in [0.25, 0.3) is 11.4 Å². The van der Waals surface area contributed by atoms with Crippen LogP contribution in [0.15, 0.2) is 48.9 Å². The van der Waals surface area contributed by atoms with E-state index < -0.39 is 47.3 Å². The van der Waals surface area contributed by atoms with E-state index in [4.69, 9.17) is 4.74 Å². The molecular weight excluding hydrogens is 471 g/mol. The van der Waals surface area contributed by atoms with Gasteiger partial charge in [-0.1, -0.05) is 0 Å². The second kappa shape index (κ2) is 8.86. The van der Waals surface area contributed by atoms with Crippen LogP contribution in [0.1, 0.15) is 35.2 Å². The molecule has 182 valence electrons. The van der Waals surface area contributed by atoms with Crippen LogP contribution >= 0.6 is 0 Å². The molecule has 0 radical (unpaired) electrons. The van der Waals surface area contributed by atoms with E-state index in [2.05, 4.69) is 15.0 Å². The summed E-state index contributed by atoms with van der Waals surface area (Å²) in [4.78, 5) is 27.0. The minimum Gasteiger partial charge on any atom is -0.470 e. The normalized spacial score (nSPS) is 21.7. The summed E-state index contributed by atoms with van der Waals surface area (Å²) in [6, 6.07) is 5.26. The smallest absolute Gasteiger partial charge is 0.417 e. The van der Waals surface area contributed by atoms with Gasteiger partial charge in [0.1, 0.15) is 11.9 Å². The highest BCUT2D eigenvalue weighted by molar-refractivity contribution is 6.00. The molecule has 2 aromatic heterocycles. The topological polar surface area (TPSA) is 68.2 Å². The Bertz CT molecular complexity index is 1250. The number of aromatic nitrogens is 3. The van der Waals surface area contributed by atoms with Crippen LogP contribution < -0.4 is 4.74 Å². The Morgan fingerprint density at radius 2 is 1.83 bits per heavy atom. The number of rotatable bonds is 4. The monoisotopic (exact) mass is 490 g/mol. The van der Waals surface area contributed by atoms with Gasteiger partial charge in [-0.25, -0.2) is 23.7 Å². The number of fused-ring (bicyclic) bond motifs is 3. The minimum atomic E-state index is -4.73. The van der Waals surface area contributed by atoms with Crippen molar-refractivity contribution in [3.05, 3.63) is 71.7 Å². The number of halogens is 5. The first kappa shape index (κ1) is 23.1. The Kier molecular flexibility index (Phi) is 5.86. The summed E-state index contributed by atoms with van der Waals surface area (Å²) in [5.74, 6) is -2.52. The zero-order chi connectivity index (χ0) is 24.7. The number of benzene rings is 1. The number of amides is 1. The number of hydrogen-bond acceptors (Lipinski definition) is 5. The lowest BCUT2D eigenvalue weighted by Crippen LogP contribution is -2.59. The summed E-state index contributed by atoms with van der Waals surface area (Å²) < 4.78 is 72.7. The first-order valence-electron chi connectivity index (χ1n) is 11.0. The quantitative estimate of drug-likeness (QED) is 0.487. The molecule has 2 saturated heterocycles. The highest BCUT2D eigenvalue weighted by Crippen LogP contribution is 2.39. The summed E-state index contributed by atoms with van der Waals surface area (Å²) in [5.41, 5.74) is -0.765. The number of carbonyl (C=O) groups is 1. The molecule has 3 aromatic rings. The molecule has 3 atom stereocenters. The standard InChI is InChI=1S/C24H19F5N4O2/c25-15-3-4-16(21-30-6-1-7-31-21)17(10-15)23(34)33-12-13-2-5-19(33)20(8-13)35-22-18(26)9-14(11-32-22)24(27,28)29/h1,3-4,6-7,9-11,13,19-20H,2,5,8,12H2/t13-,19-,20+/m0/s1. The largest absolute Gasteiger partial charge is 0.470 e. The Morgan fingerprint density at radius 1 is 1.06 bits per heavy atom. The zero-order valence-corrected chi connectivity index (χ0v) is 18.2. The summed E-state index contributed by atoms with van der Waals surface area (Å²) in [5, 5.41) is 0. The predicted octanol–water partition coefficient (Wildman–Crippen LogP) is 4.91. The van der Waals surface area contributed by atoms with E-state index in [9.17, 15) is 26.7 Å². The van der Waals surface area contributed by atoms with Gasteiger partial charge in [-0.05, 0) is 55.5 Å². The van der Waals surface area contributed by atoms with E-state index in [1.54, 1.807) is 11.0 Å². The Morgan fingerprint density at radius 3 is 2.51 bits per heavy atom. The van der Waals surface area contributed by atoms with Gasteiger partial charge in [-0.15, -0.1) is 0 Å². The van der Waals surface area contributed by atoms with Crippen molar-refractivity contribution in [2.24, 2.45) is 5.92 Å². The van der Waals surface area contributed by atoms with Crippen LogP contribution in [0.4, 0.5) is 22.0 Å². The van der Waals surface area contributed by atoms with E-state index in [0.717, 1.165) is 12.5 Å². The number of ether oxygens (including phenoxy) is 1. The van der Waals surface area contributed by atoms with Gasteiger partial charge in [0.05, 0.1) is 17.2 Å². The van der Waals surface area contributed by atoms with Crippen molar-refractivity contribution < 1.29 is 31.5 Å². The average molecular weight is 490 g/mol. The maximum absolute atomic E-state index is 14.4. The fourth-order valence-electron chi connectivity index (χ4n) is 4.78. The molecule has 1 aromatic carbocycles. The van der Waals surface area contributed by atoms with E-state index in [1.165, 1.54) is 24.5 Å². The maximum atomic E-state index is 14.4. The molecule has 1 amide bonds. The third kappa shape index (κ3) is 4.54. The van der Waals surface area contributed by atoms with Gasteiger partial charge < -0.3 is 9.64 Å². The fourth-order valence-corrected chi connectivity index (χ4v) is 4.78. The van der Waals surface area contributed by atoms with Gasteiger partial charge in [0.2, 0.25) is 0 Å². The van der Waals surface area contributed by atoms with Gasteiger partial charge in [0, 0.05) is 30.7 Å². The Hall–Kier alpha value is -3.63. The number of hydrogen-bond donors (Lipinski definition) is 0. The van der Waals surface area contributed by atoms with Gasteiger partial charge in [0.25, 0.3) is 11.8 Å². The van der Waals surface area contributed by atoms with Crippen molar-refractivity contribution in [1.29, 1.82) is 0 Å². The average Bonchev–Trinajstić information content (AvgIpc) is 2.85. The van der Waals surface area contributed by atoms with Crippen molar-refractivity contribution in [1.82, 2.24) is 19.9 Å². The van der Waals surface area contributed by atoms with Crippen LogP contribution in [-0.4, -0.2) is 44.4 Å². The molecule has 6 rings (SSSR count). The van der Waals surface area contributed by atoms with E-state index >= 15 is 0 Å². The van der Waals surface area contributed by atoms with Crippen molar-refractivity contribution in [3.8, 4) is 17.3 Å². The molecular formula is C24H19F5N4O2. The number of carbonyl (C=O) groups excluding carboxylic acids is 1. The highest BCUT2D eigenvalue weighted by Gasteiger charge is 2.45. The first-order chi connectivity index (χ1) is 16.7. The van der Waals surface area contributed by atoms with E-state index in [1.807, 2.05) is 0 Å².